The summed E-state index contributed by atoms with van der Waals surface area (Å²) in [7, 11) is 0. The number of nitrogens with one attached hydrogen (secondary N) is 1. The number of nitrogens with zero attached hydrogens (tertiary/aromatic N) is 2. The van der Waals surface area contributed by atoms with Crippen molar-refractivity contribution in [3.05, 3.63) is 52.6 Å². The Morgan fingerprint density at radius 3 is 2.86 bits per heavy atom. The Balaban J connectivity index is 1.52. The molecule has 0 spiro atoms. The fourth-order valence-corrected chi connectivity index (χ4v) is 3.04. The molecule has 2 heterocycles. The van der Waals surface area contributed by atoms with Crippen LogP contribution in [0.5, 0.6) is 0 Å². The summed E-state index contributed by atoms with van der Waals surface area (Å²) in [5.74, 6) is 1.57. The molecule has 1 amide bonds. The molecule has 1 fully saturated rings. The van der Waals surface area contributed by atoms with E-state index in [0.29, 0.717) is 12.3 Å². The Labute approximate surface area is 135 Å². The summed E-state index contributed by atoms with van der Waals surface area (Å²) in [6.45, 7) is 3.59. The maximum absolute atomic E-state index is 12.3. The monoisotopic (exact) mass is 317 g/mol. The van der Waals surface area contributed by atoms with Crippen LogP contribution in [-0.2, 0) is 11.2 Å². The molecule has 116 valence electrons. The summed E-state index contributed by atoms with van der Waals surface area (Å²) >= 11 is 5.87. The molecule has 4 nitrogen and oxygen atoms in total. The second kappa shape index (κ2) is 6.53. The average Bonchev–Trinajstić information content (AvgIpc) is 3.15. The molecule has 1 saturated heterocycles. The number of halogens is 1. The van der Waals surface area contributed by atoms with Gasteiger partial charge >= 0.3 is 0 Å². The van der Waals surface area contributed by atoms with E-state index >= 15 is 0 Å². The van der Waals surface area contributed by atoms with Gasteiger partial charge in [0.05, 0.1) is 0 Å². The summed E-state index contributed by atoms with van der Waals surface area (Å²) in [6, 6.07) is 7.70. The first-order chi connectivity index (χ1) is 10.6. The van der Waals surface area contributed by atoms with Crippen molar-refractivity contribution in [2.45, 2.75) is 32.1 Å². The predicted octanol–water partition coefficient (Wildman–Crippen LogP) is 3.32. The van der Waals surface area contributed by atoms with Crippen molar-refractivity contribution in [2.24, 2.45) is 0 Å². The zero-order valence-electron chi connectivity index (χ0n) is 12.7. The molecule has 22 heavy (non-hydrogen) atoms. The summed E-state index contributed by atoms with van der Waals surface area (Å²) in [5.41, 5.74) is 2.22. The third kappa shape index (κ3) is 3.50. The highest BCUT2D eigenvalue weighted by Gasteiger charge is 2.28. The number of benzene rings is 1. The number of aryl methyl sites for hydroxylation is 2. The Hall–Kier alpha value is -1.81. The van der Waals surface area contributed by atoms with E-state index in [0.717, 1.165) is 48.0 Å². The SMILES string of the molecule is Cc1cnc(C2CCN(C(=O)CCc3ccc(Cl)cc3)C2)[nH]1. The zero-order valence-corrected chi connectivity index (χ0v) is 13.4. The molecule has 3 rings (SSSR count). The Bertz CT molecular complexity index is 650. The number of rotatable bonds is 4. The third-order valence-electron chi connectivity index (χ3n) is 4.19. The molecular formula is C17H20ClN3O. The molecule has 5 heteroatoms. The first-order valence-corrected chi connectivity index (χ1v) is 8.03. The molecule has 1 aromatic heterocycles. The van der Waals surface area contributed by atoms with Gasteiger partial charge in [-0.05, 0) is 37.5 Å². The smallest absolute Gasteiger partial charge is 0.222 e. The van der Waals surface area contributed by atoms with Gasteiger partial charge in [0.1, 0.15) is 5.82 Å². The highest BCUT2D eigenvalue weighted by molar-refractivity contribution is 6.30. The molecule has 1 aliphatic heterocycles. The van der Waals surface area contributed by atoms with E-state index in [9.17, 15) is 4.79 Å². The van der Waals surface area contributed by atoms with Crippen molar-refractivity contribution in [1.29, 1.82) is 0 Å². The number of hydrogen-bond acceptors (Lipinski definition) is 2. The molecule has 2 aromatic rings. The Morgan fingerprint density at radius 2 is 2.18 bits per heavy atom. The van der Waals surface area contributed by atoms with Crippen molar-refractivity contribution < 1.29 is 4.79 Å². The molecule has 0 saturated carbocycles. The number of aromatic nitrogens is 2. The van der Waals surface area contributed by atoms with Crippen molar-refractivity contribution in [2.75, 3.05) is 13.1 Å². The molecular weight excluding hydrogens is 298 g/mol. The normalized spacial score (nSPS) is 17.9. The number of imidazole rings is 1. The van der Waals surface area contributed by atoms with E-state index in [1.165, 1.54) is 0 Å². The molecule has 1 N–H and O–H groups in total. The maximum atomic E-state index is 12.3. The third-order valence-corrected chi connectivity index (χ3v) is 4.44. The van der Waals surface area contributed by atoms with Crippen molar-refractivity contribution >= 4 is 17.5 Å². The van der Waals surface area contributed by atoms with E-state index in [-0.39, 0.29) is 5.91 Å². The standard InChI is InChI=1S/C17H20ClN3O/c1-12-10-19-17(20-12)14-8-9-21(11-14)16(22)7-4-13-2-5-15(18)6-3-13/h2-3,5-6,10,14H,4,7-9,11H2,1H3,(H,19,20). The predicted molar refractivity (Wildman–Crippen MR) is 87.0 cm³/mol. The molecule has 0 radical (unpaired) electrons. The minimum atomic E-state index is 0.223. The van der Waals surface area contributed by atoms with Gasteiger partial charge in [0.15, 0.2) is 0 Å². The van der Waals surface area contributed by atoms with Gasteiger partial charge in [0.2, 0.25) is 5.91 Å². The maximum Gasteiger partial charge on any atom is 0.222 e. The number of aromatic amines is 1. The molecule has 0 aliphatic carbocycles. The van der Waals surface area contributed by atoms with Crippen LogP contribution in [0.15, 0.2) is 30.5 Å². The van der Waals surface area contributed by atoms with Crippen LogP contribution in [0.1, 0.15) is 35.8 Å². The lowest BCUT2D eigenvalue weighted by Crippen LogP contribution is -2.28. The van der Waals surface area contributed by atoms with Crippen LogP contribution >= 0.6 is 11.6 Å². The molecule has 1 aliphatic rings. The summed E-state index contributed by atoms with van der Waals surface area (Å²) in [6.07, 6.45) is 4.14. The topological polar surface area (TPSA) is 49.0 Å². The minimum absolute atomic E-state index is 0.223. The van der Waals surface area contributed by atoms with E-state index in [1.54, 1.807) is 0 Å². The summed E-state index contributed by atoms with van der Waals surface area (Å²) in [5, 5.41) is 0.728. The average molecular weight is 318 g/mol. The van der Waals surface area contributed by atoms with Crippen LogP contribution in [0.25, 0.3) is 0 Å². The van der Waals surface area contributed by atoms with Gasteiger partial charge in [0.25, 0.3) is 0 Å². The first-order valence-electron chi connectivity index (χ1n) is 7.65. The summed E-state index contributed by atoms with van der Waals surface area (Å²) < 4.78 is 0. The quantitative estimate of drug-likeness (QED) is 0.940. The second-order valence-corrected chi connectivity index (χ2v) is 6.34. The number of likely N-dealkylation sites (tertiary alicyclic amines) is 1. The van der Waals surface area contributed by atoms with Crippen LogP contribution in [0, 0.1) is 6.92 Å². The fraction of sp³-hybridized carbons (Fsp3) is 0.412. The number of hydrogen-bond donors (Lipinski definition) is 1. The van der Waals surface area contributed by atoms with Gasteiger partial charge in [-0.3, -0.25) is 4.79 Å². The molecule has 1 atom stereocenters. The number of H-pyrrole nitrogens is 1. The number of amides is 1. The van der Waals surface area contributed by atoms with Crippen LogP contribution in [0.3, 0.4) is 0 Å². The van der Waals surface area contributed by atoms with Crippen molar-refractivity contribution in [3.8, 4) is 0 Å². The Morgan fingerprint density at radius 1 is 1.41 bits per heavy atom. The van der Waals surface area contributed by atoms with Crippen molar-refractivity contribution in [3.63, 3.8) is 0 Å². The largest absolute Gasteiger partial charge is 0.346 e. The fourth-order valence-electron chi connectivity index (χ4n) is 2.91. The lowest BCUT2D eigenvalue weighted by molar-refractivity contribution is -0.130. The lowest BCUT2D eigenvalue weighted by atomic mass is 10.1. The Kier molecular flexibility index (Phi) is 4.48. The second-order valence-electron chi connectivity index (χ2n) is 5.90. The van der Waals surface area contributed by atoms with Crippen LogP contribution in [0.4, 0.5) is 0 Å². The highest BCUT2D eigenvalue weighted by Crippen LogP contribution is 2.25. The van der Waals surface area contributed by atoms with Gasteiger partial charge in [-0.25, -0.2) is 4.98 Å². The highest BCUT2D eigenvalue weighted by atomic mass is 35.5. The zero-order chi connectivity index (χ0) is 15.5. The van der Waals surface area contributed by atoms with E-state index < -0.39 is 0 Å². The molecule has 0 bridgehead atoms. The minimum Gasteiger partial charge on any atom is -0.346 e. The van der Waals surface area contributed by atoms with E-state index in [4.69, 9.17) is 11.6 Å². The van der Waals surface area contributed by atoms with Crippen LogP contribution < -0.4 is 0 Å². The first kappa shape index (κ1) is 15.1. The van der Waals surface area contributed by atoms with E-state index in [1.807, 2.05) is 42.3 Å². The number of carbonyl (C=O) groups excluding carboxylic acids is 1. The van der Waals surface area contributed by atoms with Gasteiger partial charge in [0, 0.05) is 42.3 Å². The number of carbonyl (C=O) groups is 1. The molecule has 1 unspecified atom stereocenters. The van der Waals surface area contributed by atoms with Crippen LogP contribution in [-0.4, -0.2) is 33.9 Å². The van der Waals surface area contributed by atoms with Gasteiger partial charge in [-0.2, -0.15) is 0 Å². The van der Waals surface area contributed by atoms with E-state index in [2.05, 4.69) is 9.97 Å². The molecule has 1 aromatic carbocycles. The lowest BCUT2D eigenvalue weighted by Gasteiger charge is -2.16. The van der Waals surface area contributed by atoms with Gasteiger partial charge in [-0.1, -0.05) is 23.7 Å². The van der Waals surface area contributed by atoms with Crippen molar-refractivity contribution in [1.82, 2.24) is 14.9 Å². The van der Waals surface area contributed by atoms with Gasteiger partial charge in [-0.15, -0.1) is 0 Å². The summed E-state index contributed by atoms with van der Waals surface area (Å²) in [4.78, 5) is 22.0. The van der Waals surface area contributed by atoms with Gasteiger partial charge < -0.3 is 9.88 Å². The van der Waals surface area contributed by atoms with Crippen LogP contribution in [0.2, 0.25) is 5.02 Å².